The lowest BCUT2D eigenvalue weighted by atomic mass is 10.2. The molecule has 104 valence electrons. The van der Waals surface area contributed by atoms with Gasteiger partial charge in [0.1, 0.15) is 0 Å². The average Bonchev–Trinajstić information content (AvgIpc) is 2.44. The third-order valence-electron chi connectivity index (χ3n) is 2.86. The van der Waals surface area contributed by atoms with Gasteiger partial charge in [-0.15, -0.1) is 0 Å². The highest BCUT2D eigenvalue weighted by atomic mass is 16.4. The van der Waals surface area contributed by atoms with E-state index in [2.05, 4.69) is 10.3 Å². The van der Waals surface area contributed by atoms with Gasteiger partial charge in [0, 0.05) is 30.9 Å². The third-order valence-corrected chi connectivity index (χ3v) is 2.86. The van der Waals surface area contributed by atoms with Gasteiger partial charge >= 0.3 is 12.0 Å². The van der Waals surface area contributed by atoms with Crippen LogP contribution in [-0.4, -0.2) is 40.6 Å². The smallest absolute Gasteiger partial charge is 0.321 e. The Morgan fingerprint density at radius 1 is 1.35 bits per heavy atom. The summed E-state index contributed by atoms with van der Waals surface area (Å²) in [6.07, 6.45) is 1.63. The maximum absolute atomic E-state index is 11.9. The molecular weight excluding hydrogens is 258 g/mol. The highest BCUT2D eigenvalue weighted by Gasteiger charge is 2.10. The van der Waals surface area contributed by atoms with Crippen LogP contribution in [0.1, 0.15) is 6.42 Å². The summed E-state index contributed by atoms with van der Waals surface area (Å²) >= 11 is 0. The van der Waals surface area contributed by atoms with Crippen LogP contribution in [0.2, 0.25) is 0 Å². The number of pyridine rings is 1. The first-order valence-corrected chi connectivity index (χ1v) is 6.15. The zero-order valence-electron chi connectivity index (χ0n) is 11.0. The molecule has 2 aromatic rings. The third kappa shape index (κ3) is 3.44. The van der Waals surface area contributed by atoms with Crippen LogP contribution in [0, 0.1) is 0 Å². The van der Waals surface area contributed by atoms with E-state index in [1.54, 1.807) is 19.3 Å². The number of nitrogens with one attached hydrogen (secondary N) is 1. The molecule has 1 heterocycles. The normalized spacial score (nSPS) is 10.2. The number of amides is 2. The topological polar surface area (TPSA) is 82.5 Å². The SMILES string of the molecule is CN(CCC(=O)O)C(=O)Nc1ccc2ncccc2c1. The molecule has 0 spiro atoms. The van der Waals surface area contributed by atoms with Gasteiger partial charge in [-0.2, -0.15) is 0 Å². The van der Waals surface area contributed by atoms with Gasteiger partial charge in [0.25, 0.3) is 0 Å². The zero-order valence-corrected chi connectivity index (χ0v) is 11.0. The zero-order chi connectivity index (χ0) is 14.5. The van der Waals surface area contributed by atoms with Gasteiger partial charge in [0.05, 0.1) is 11.9 Å². The van der Waals surface area contributed by atoms with Gasteiger partial charge in [-0.05, 0) is 24.3 Å². The standard InChI is InChI=1S/C14H15N3O3/c1-17(8-6-13(18)19)14(20)16-11-4-5-12-10(9-11)3-2-7-15-12/h2-5,7,9H,6,8H2,1H3,(H,16,20)(H,18,19). The number of carboxylic acids is 1. The second-order valence-corrected chi connectivity index (χ2v) is 4.41. The molecule has 0 atom stereocenters. The van der Waals surface area contributed by atoms with Crippen molar-refractivity contribution in [1.29, 1.82) is 0 Å². The molecule has 1 aromatic heterocycles. The molecule has 0 aliphatic carbocycles. The Morgan fingerprint density at radius 3 is 2.90 bits per heavy atom. The Balaban J connectivity index is 2.03. The molecule has 2 amide bonds. The molecule has 6 heteroatoms. The summed E-state index contributed by atoms with van der Waals surface area (Å²) in [6, 6.07) is 8.81. The van der Waals surface area contributed by atoms with Crippen LogP contribution in [0.4, 0.5) is 10.5 Å². The van der Waals surface area contributed by atoms with E-state index in [9.17, 15) is 9.59 Å². The Morgan fingerprint density at radius 2 is 2.15 bits per heavy atom. The van der Waals surface area contributed by atoms with Crippen molar-refractivity contribution in [2.75, 3.05) is 18.9 Å². The number of carbonyl (C=O) groups excluding carboxylic acids is 1. The molecule has 2 rings (SSSR count). The van der Waals surface area contributed by atoms with Gasteiger partial charge in [0.2, 0.25) is 0 Å². The minimum Gasteiger partial charge on any atom is -0.481 e. The number of aromatic nitrogens is 1. The van der Waals surface area contributed by atoms with E-state index in [4.69, 9.17) is 5.11 Å². The van der Waals surface area contributed by atoms with Crippen molar-refractivity contribution in [3.63, 3.8) is 0 Å². The maximum atomic E-state index is 11.9. The lowest BCUT2D eigenvalue weighted by Crippen LogP contribution is -2.33. The van der Waals surface area contributed by atoms with Crippen molar-refractivity contribution >= 4 is 28.6 Å². The number of rotatable bonds is 4. The first-order chi connectivity index (χ1) is 9.56. The fourth-order valence-electron chi connectivity index (χ4n) is 1.74. The number of urea groups is 1. The number of hydrogen-bond donors (Lipinski definition) is 2. The number of benzene rings is 1. The lowest BCUT2D eigenvalue weighted by molar-refractivity contribution is -0.137. The number of hydrogen-bond acceptors (Lipinski definition) is 3. The van der Waals surface area contributed by atoms with E-state index in [0.29, 0.717) is 5.69 Å². The van der Waals surface area contributed by atoms with Crippen molar-refractivity contribution < 1.29 is 14.7 Å². The van der Waals surface area contributed by atoms with Crippen LogP contribution in [0.25, 0.3) is 10.9 Å². The summed E-state index contributed by atoms with van der Waals surface area (Å²) in [5, 5.41) is 12.2. The summed E-state index contributed by atoms with van der Waals surface area (Å²) in [6.45, 7) is 0.163. The first kappa shape index (κ1) is 13.8. The Kier molecular flexibility index (Phi) is 4.14. The molecule has 0 saturated heterocycles. The van der Waals surface area contributed by atoms with Gasteiger partial charge in [-0.1, -0.05) is 6.07 Å². The van der Waals surface area contributed by atoms with Crippen molar-refractivity contribution in [2.24, 2.45) is 0 Å². The molecular formula is C14H15N3O3. The lowest BCUT2D eigenvalue weighted by Gasteiger charge is -2.17. The number of aliphatic carboxylic acids is 1. The van der Waals surface area contributed by atoms with Gasteiger partial charge < -0.3 is 15.3 Å². The minimum absolute atomic E-state index is 0.0778. The minimum atomic E-state index is -0.929. The summed E-state index contributed by atoms with van der Waals surface area (Å²) in [5.41, 5.74) is 1.50. The van der Waals surface area contributed by atoms with Gasteiger partial charge in [0.15, 0.2) is 0 Å². The van der Waals surface area contributed by atoms with Crippen LogP contribution in [-0.2, 0) is 4.79 Å². The quantitative estimate of drug-likeness (QED) is 0.894. The van der Waals surface area contributed by atoms with E-state index < -0.39 is 5.97 Å². The van der Waals surface area contributed by atoms with E-state index in [0.717, 1.165) is 10.9 Å². The van der Waals surface area contributed by atoms with Crippen LogP contribution in [0.5, 0.6) is 0 Å². The van der Waals surface area contributed by atoms with Gasteiger partial charge in [-0.25, -0.2) is 4.79 Å². The molecule has 0 fully saturated rings. The summed E-state index contributed by atoms with van der Waals surface area (Å²) in [7, 11) is 1.56. The van der Waals surface area contributed by atoms with Crippen molar-refractivity contribution in [3.8, 4) is 0 Å². The number of nitrogens with zero attached hydrogens (tertiary/aromatic N) is 2. The van der Waals surface area contributed by atoms with Crippen LogP contribution in [0.15, 0.2) is 36.5 Å². The second-order valence-electron chi connectivity index (χ2n) is 4.41. The molecule has 0 aliphatic rings. The Labute approximate surface area is 116 Å². The van der Waals surface area contributed by atoms with Crippen molar-refractivity contribution in [3.05, 3.63) is 36.5 Å². The van der Waals surface area contributed by atoms with Crippen LogP contribution < -0.4 is 5.32 Å². The van der Waals surface area contributed by atoms with E-state index in [1.165, 1.54) is 4.90 Å². The largest absolute Gasteiger partial charge is 0.481 e. The van der Waals surface area contributed by atoms with E-state index in [-0.39, 0.29) is 19.0 Å². The monoisotopic (exact) mass is 273 g/mol. The molecule has 0 aliphatic heterocycles. The van der Waals surface area contributed by atoms with Crippen LogP contribution >= 0.6 is 0 Å². The molecule has 6 nitrogen and oxygen atoms in total. The Hall–Kier alpha value is -2.63. The van der Waals surface area contributed by atoms with Crippen LogP contribution in [0.3, 0.4) is 0 Å². The summed E-state index contributed by atoms with van der Waals surface area (Å²) in [5.74, 6) is -0.929. The first-order valence-electron chi connectivity index (χ1n) is 6.15. The number of carbonyl (C=O) groups is 2. The number of anilines is 1. The molecule has 20 heavy (non-hydrogen) atoms. The molecule has 0 unspecified atom stereocenters. The van der Waals surface area contributed by atoms with Gasteiger partial charge in [-0.3, -0.25) is 9.78 Å². The molecule has 0 radical (unpaired) electrons. The molecule has 0 bridgehead atoms. The number of fused-ring (bicyclic) bond motifs is 1. The fourth-order valence-corrected chi connectivity index (χ4v) is 1.74. The number of carboxylic acid groups (broad SMARTS) is 1. The summed E-state index contributed by atoms with van der Waals surface area (Å²) < 4.78 is 0. The summed E-state index contributed by atoms with van der Waals surface area (Å²) in [4.78, 5) is 27.9. The second kappa shape index (κ2) is 6.01. The molecule has 2 N–H and O–H groups in total. The highest BCUT2D eigenvalue weighted by molar-refractivity contribution is 5.92. The van der Waals surface area contributed by atoms with Crippen molar-refractivity contribution in [2.45, 2.75) is 6.42 Å². The van der Waals surface area contributed by atoms with Crippen molar-refractivity contribution in [1.82, 2.24) is 9.88 Å². The Bertz CT molecular complexity index is 642. The predicted octanol–water partition coefficient (Wildman–Crippen LogP) is 2.17. The van der Waals surface area contributed by atoms with E-state index >= 15 is 0 Å². The van der Waals surface area contributed by atoms with E-state index in [1.807, 2.05) is 24.3 Å². The predicted molar refractivity (Wildman–Crippen MR) is 75.6 cm³/mol. The maximum Gasteiger partial charge on any atom is 0.321 e. The molecule has 0 saturated carbocycles. The fraction of sp³-hybridized carbons (Fsp3) is 0.214. The highest BCUT2D eigenvalue weighted by Crippen LogP contribution is 2.17. The average molecular weight is 273 g/mol. The molecule has 1 aromatic carbocycles.